The zero-order chi connectivity index (χ0) is 13.8. The van der Waals surface area contributed by atoms with E-state index in [0.717, 1.165) is 13.1 Å². The van der Waals surface area contributed by atoms with E-state index in [0.29, 0.717) is 18.6 Å². The van der Waals surface area contributed by atoms with Gasteiger partial charge in [0.25, 0.3) is 0 Å². The van der Waals surface area contributed by atoms with Crippen molar-refractivity contribution in [1.82, 2.24) is 15.5 Å². The van der Waals surface area contributed by atoms with E-state index in [2.05, 4.69) is 29.4 Å². The number of hydrogen-bond acceptors (Lipinski definition) is 3. The summed E-state index contributed by atoms with van der Waals surface area (Å²) in [5.41, 5.74) is -0.147. The number of nitrogens with zero attached hydrogens (tertiary/aromatic N) is 1. The van der Waals surface area contributed by atoms with Crippen LogP contribution >= 0.6 is 0 Å². The van der Waals surface area contributed by atoms with Crippen LogP contribution in [0.5, 0.6) is 0 Å². The highest BCUT2D eigenvalue weighted by Crippen LogP contribution is 2.09. The Morgan fingerprint density at radius 1 is 1.44 bits per heavy atom. The van der Waals surface area contributed by atoms with Crippen molar-refractivity contribution in [3.05, 3.63) is 0 Å². The highest BCUT2D eigenvalue weighted by Gasteiger charge is 2.22. The molecule has 1 saturated heterocycles. The van der Waals surface area contributed by atoms with Crippen LogP contribution in [0.3, 0.4) is 0 Å². The second-order valence-electron chi connectivity index (χ2n) is 6.61. The van der Waals surface area contributed by atoms with E-state index in [1.165, 1.54) is 12.8 Å². The molecule has 0 aliphatic carbocycles. The van der Waals surface area contributed by atoms with E-state index in [4.69, 9.17) is 0 Å². The van der Waals surface area contributed by atoms with Gasteiger partial charge in [-0.2, -0.15) is 0 Å². The summed E-state index contributed by atoms with van der Waals surface area (Å²) in [6, 6.07) is 0.952. The van der Waals surface area contributed by atoms with Crippen molar-refractivity contribution in [3.8, 4) is 0 Å². The van der Waals surface area contributed by atoms with E-state index in [-0.39, 0.29) is 11.4 Å². The zero-order valence-electron chi connectivity index (χ0n) is 12.5. The molecule has 1 aliphatic rings. The van der Waals surface area contributed by atoms with Crippen LogP contribution in [0.2, 0.25) is 0 Å². The maximum Gasteiger partial charge on any atom is 0.234 e. The van der Waals surface area contributed by atoms with Crippen LogP contribution in [-0.2, 0) is 4.79 Å². The number of amides is 1. The molecule has 0 spiro atoms. The van der Waals surface area contributed by atoms with Gasteiger partial charge in [0.15, 0.2) is 0 Å². The largest absolute Gasteiger partial charge is 0.350 e. The van der Waals surface area contributed by atoms with Crippen molar-refractivity contribution in [2.45, 2.75) is 65.1 Å². The van der Waals surface area contributed by atoms with Crippen molar-refractivity contribution in [2.24, 2.45) is 0 Å². The van der Waals surface area contributed by atoms with Crippen molar-refractivity contribution in [3.63, 3.8) is 0 Å². The third-order valence-corrected chi connectivity index (χ3v) is 3.21. The molecule has 1 atom stereocenters. The standard InChI is InChI=1S/C14H29N3O/c1-11(2)17(9-12-7-6-8-15-12)10-13(18)16-14(3,4)5/h11-12,15H,6-10H2,1-5H3,(H,16,18). The lowest BCUT2D eigenvalue weighted by molar-refractivity contribution is -0.124. The summed E-state index contributed by atoms with van der Waals surface area (Å²) in [6.45, 7) is 12.9. The first-order chi connectivity index (χ1) is 8.28. The summed E-state index contributed by atoms with van der Waals surface area (Å²) in [5.74, 6) is 0.120. The average molecular weight is 255 g/mol. The molecule has 18 heavy (non-hydrogen) atoms. The summed E-state index contributed by atoms with van der Waals surface area (Å²) in [7, 11) is 0. The maximum atomic E-state index is 12.0. The molecule has 106 valence electrons. The first-order valence-electron chi connectivity index (χ1n) is 7.06. The van der Waals surface area contributed by atoms with Gasteiger partial charge in [-0.1, -0.05) is 0 Å². The molecule has 1 fully saturated rings. The van der Waals surface area contributed by atoms with Gasteiger partial charge >= 0.3 is 0 Å². The fraction of sp³-hybridized carbons (Fsp3) is 0.929. The lowest BCUT2D eigenvalue weighted by Gasteiger charge is -2.30. The highest BCUT2D eigenvalue weighted by molar-refractivity contribution is 5.78. The van der Waals surface area contributed by atoms with Gasteiger partial charge in [-0.25, -0.2) is 0 Å². The molecule has 1 heterocycles. The summed E-state index contributed by atoms with van der Waals surface area (Å²) in [5, 5.41) is 6.52. The molecule has 0 aromatic heterocycles. The van der Waals surface area contributed by atoms with Crippen LogP contribution in [0, 0.1) is 0 Å². The normalized spacial score (nSPS) is 20.7. The minimum atomic E-state index is -0.147. The van der Waals surface area contributed by atoms with Crippen molar-refractivity contribution in [2.75, 3.05) is 19.6 Å². The monoisotopic (exact) mass is 255 g/mol. The molecule has 0 radical (unpaired) electrons. The Labute approximate surface area is 111 Å². The van der Waals surface area contributed by atoms with Gasteiger partial charge in [0.2, 0.25) is 5.91 Å². The second-order valence-corrected chi connectivity index (χ2v) is 6.61. The van der Waals surface area contributed by atoms with Crippen molar-refractivity contribution < 1.29 is 4.79 Å². The molecule has 0 saturated carbocycles. The molecule has 1 aliphatic heterocycles. The number of rotatable bonds is 5. The molecule has 0 aromatic carbocycles. The van der Waals surface area contributed by atoms with Gasteiger partial charge in [-0.15, -0.1) is 0 Å². The topological polar surface area (TPSA) is 44.4 Å². The number of carbonyl (C=O) groups excluding carboxylic acids is 1. The molecule has 4 heteroatoms. The summed E-state index contributed by atoms with van der Waals surface area (Å²) < 4.78 is 0. The Hall–Kier alpha value is -0.610. The second kappa shape index (κ2) is 6.53. The average Bonchev–Trinajstić information content (AvgIpc) is 2.66. The molecular formula is C14H29N3O. The van der Waals surface area contributed by atoms with E-state index >= 15 is 0 Å². The Kier molecular flexibility index (Phi) is 5.60. The maximum absolute atomic E-state index is 12.0. The molecule has 1 unspecified atom stereocenters. The molecule has 1 rings (SSSR count). The van der Waals surface area contributed by atoms with Crippen LogP contribution in [0.25, 0.3) is 0 Å². The zero-order valence-corrected chi connectivity index (χ0v) is 12.5. The Bertz CT molecular complexity index is 265. The van der Waals surface area contributed by atoms with Crippen LogP contribution in [0.4, 0.5) is 0 Å². The molecule has 0 bridgehead atoms. The number of hydrogen-bond donors (Lipinski definition) is 2. The van der Waals surface area contributed by atoms with E-state index < -0.39 is 0 Å². The minimum absolute atomic E-state index is 0.120. The van der Waals surface area contributed by atoms with Crippen LogP contribution in [0.15, 0.2) is 0 Å². The van der Waals surface area contributed by atoms with E-state index in [1.807, 2.05) is 20.8 Å². The fourth-order valence-electron chi connectivity index (χ4n) is 2.30. The molecule has 0 aromatic rings. The number of carbonyl (C=O) groups is 1. The Balaban J connectivity index is 2.44. The van der Waals surface area contributed by atoms with Crippen LogP contribution in [-0.4, -0.2) is 48.1 Å². The smallest absolute Gasteiger partial charge is 0.234 e. The Morgan fingerprint density at radius 2 is 2.11 bits per heavy atom. The van der Waals surface area contributed by atoms with Crippen molar-refractivity contribution >= 4 is 5.91 Å². The molecule has 2 N–H and O–H groups in total. The van der Waals surface area contributed by atoms with Gasteiger partial charge in [-0.05, 0) is 54.0 Å². The van der Waals surface area contributed by atoms with Crippen LogP contribution in [0.1, 0.15) is 47.5 Å². The molecule has 4 nitrogen and oxygen atoms in total. The summed E-state index contributed by atoms with van der Waals surface area (Å²) in [6.07, 6.45) is 2.48. The summed E-state index contributed by atoms with van der Waals surface area (Å²) >= 11 is 0. The quantitative estimate of drug-likeness (QED) is 0.780. The van der Waals surface area contributed by atoms with Crippen LogP contribution < -0.4 is 10.6 Å². The van der Waals surface area contributed by atoms with E-state index in [9.17, 15) is 4.79 Å². The minimum Gasteiger partial charge on any atom is -0.350 e. The van der Waals surface area contributed by atoms with Gasteiger partial charge in [0, 0.05) is 24.2 Å². The van der Waals surface area contributed by atoms with Gasteiger partial charge in [0.1, 0.15) is 0 Å². The SMILES string of the molecule is CC(C)N(CC(=O)NC(C)(C)C)CC1CCCN1. The first kappa shape index (κ1) is 15.4. The fourth-order valence-corrected chi connectivity index (χ4v) is 2.30. The predicted octanol–water partition coefficient (Wildman–Crippen LogP) is 1.36. The lowest BCUT2D eigenvalue weighted by Crippen LogP contribution is -2.49. The molecule has 1 amide bonds. The van der Waals surface area contributed by atoms with Gasteiger partial charge in [0.05, 0.1) is 6.54 Å². The number of nitrogens with one attached hydrogen (secondary N) is 2. The van der Waals surface area contributed by atoms with Crippen molar-refractivity contribution in [1.29, 1.82) is 0 Å². The summed E-state index contributed by atoms with van der Waals surface area (Å²) in [4.78, 5) is 14.2. The first-order valence-corrected chi connectivity index (χ1v) is 7.06. The lowest BCUT2D eigenvalue weighted by atomic mass is 10.1. The van der Waals surface area contributed by atoms with E-state index in [1.54, 1.807) is 0 Å². The highest BCUT2D eigenvalue weighted by atomic mass is 16.2. The van der Waals surface area contributed by atoms with Gasteiger partial charge < -0.3 is 10.6 Å². The predicted molar refractivity (Wildman–Crippen MR) is 75.6 cm³/mol. The third-order valence-electron chi connectivity index (χ3n) is 3.21. The van der Waals surface area contributed by atoms with Gasteiger partial charge in [-0.3, -0.25) is 9.69 Å². The third kappa shape index (κ3) is 5.83. The molecular weight excluding hydrogens is 226 g/mol. The Morgan fingerprint density at radius 3 is 2.56 bits per heavy atom.